The minimum Gasteiger partial charge on any atom is -0.299 e. The van der Waals surface area contributed by atoms with Crippen LogP contribution in [-0.2, 0) is 0 Å². The van der Waals surface area contributed by atoms with Crippen molar-refractivity contribution in [2.24, 2.45) is 5.92 Å². The summed E-state index contributed by atoms with van der Waals surface area (Å²) in [6, 6.07) is 15.3. The van der Waals surface area contributed by atoms with Crippen molar-refractivity contribution in [3.8, 4) is 0 Å². The molecule has 2 aliphatic rings. The summed E-state index contributed by atoms with van der Waals surface area (Å²) in [5, 5.41) is 2.19. The van der Waals surface area contributed by atoms with Crippen LogP contribution in [-0.4, -0.2) is 24.5 Å². The van der Waals surface area contributed by atoms with E-state index in [4.69, 9.17) is 0 Å². The highest BCUT2D eigenvalue weighted by Gasteiger charge is 2.18. The molecular formula is C23H27NS. The van der Waals surface area contributed by atoms with E-state index in [1.54, 1.807) is 5.57 Å². The Morgan fingerprint density at radius 2 is 1.88 bits per heavy atom. The molecule has 2 heteroatoms. The summed E-state index contributed by atoms with van der Waals surface area (Å²) in [6.07, 6.45) is 11.4. The molecule has 1 atom stereocenters. The number of hydrogen-bond acceptors (Lipinski definition) is 2. The highest BCUT2D eigenvalue weighted by atomic mass is 32.1. The third-order valence-electron chi connectivity index (χ3n) is 5.65. The standard InChI is InChI=1S/C23H27NS/c1-2-5-20(6-3-1)21-13-16-24(17-14-21)15-12-19-8-10-22(11-9-19)23-7-4-18-25-23/h1-7,10,13,18-19H,8-9,11-12,14-17H2. The monoisotopic (exact) mass is 349 g/mol. The lowest BCUT2D eigenvalue weighted by molar-refractivity contribution is 0.268. The van der Waals surface area contributed by atoms with Crippen LogP contribution in [0.15, 0.2) is 60.0 Å². The van der Waals surface area contributed by atoms with Gasteiger partial charge in [0, 0.05) is 18.0 Å². The van der Waals surface area contributed by atoms with Crippen LogP contribution in [0.1, 0.15) is 42.5 Å². The fourth-order valence-corrected chi connectivity index (χ4v) is 4.83. The highest BCUT2D eigenvalue weighted by molar-refractivity contribution is 7.11. The molecule has 0 saturated carbocycles. The van der Waals surface area contributed by atoms with Crippen LogP contribution in [0.25, 0.3) is 11.1 Å². The molecule has 1 nitrogen and oxygen atoms in total. The second-order valence-electron chi connectivity index (χ2n) is 7.28. The summed E-state index contributed by atoms with van der Waals surface area (Å²) in [6.45, 7) is 3.59. The zero-order valence-electron chi connectivity index (χ0n) is 14.9. The van der Waals surface area contributed by atoms with E-state index >= 15 is 0 Å². The molecule has 0 radical (unpaired) electrons. The lowest BCUT2D eigenvalue weighted by atomic mass is 9.86. The second-order valence-corrected chi connectivity index (χ2v) is 8.23. The van der Waals surface area contributed by atoms with Crippen molar-refractivity contribution in [1.29, 1.82) is 0 Å². The first-order valence-corrected chi connectivity index (χ1v) is 10.5. The zero-order chi connectivity index (χ0) is 16.9. The Bertz CT molecular complexity index is 727. The van der Waals surface area contributed by atoms with Crippen molar-refractivity contribution in [2.45, 2.75) is 32.1 Å². The molecule has 130 valence electrons. The molecular weight excluding hydrogens is 322 g/mol. The van der Waals surface area contributed by atoms with Gasteiger partial charge in [0.25, 0.3) is 0 Å². The van der Waals surface area contributed by atoms with Crippen molar-refractivity contribution in [2.75, 3.05) is 19.6 Å². The van der Waals surface area contributed by atoms with E-state index in [0.29, 0.717) is 0 Å². The van der Waals surface area contributed by atoms with E-state index in [1.165, 1.54) is 61.2 Å². The van der Waals surface area contributed by atoms with E-state index < -0.39 is 0 Å². The number of hydrogen-bond donors (Lipinski definition) is 0. The molecule has 0 fully saturated rings. The SMILES string of the molecule is C1=C(c2ccccc2)CCN(CCC2CC=C(c3cccs3)CC2)C1. The summed E-state index contributed by atoms with van der Waals surface area (Å²) in [7, 11) is 0. The zero-order valence-corrected chi connectivity index (χ0v) is 15.7. The Morgan fingerprint density at radius 1 is 0.960 bits per heavy atom. The van der Waals surface area contributed by atoms with Crippen LogP contribution in [0.2, 0.25) is 0 Å². The van der Waals surface area contributed by atoms with Gasteiger partial charge in [-0.25, -0.2) is 0 Å². The van der Waals surface area contributed by atoms with E-state index in [0.717, 1.165) is 12.5 Å². The molecule has 1 aromatic carbocycles. The van der Waals surface area contributed by atoms with Crippen LogP contribution in [0, 0.1) is 5.92 Å². The van der Waals surface area contributed by atoms with Crippen LogP contribution in [0.4, 0.5) is 0 Å². The third kappa shape index (κ3) is 4.31. The third-order valence-corrected chi connectivity index (χ3v) is 6.59. The molecule has 2 aromatic rings. The van der Waals surface area contributed by atoms with Crippen LogP contribution >= 0.6 is 11.3 Å². The number of thiophene rings is 1. The average Bonchev–Trinajstić information content (AvgIpc) is 3.23. The summed E-state index contributed by atoms with van der Waals surface area (Å²) >= 11 is 1.88. The number of rotatable bonds is 5. The van der Waals surface area contributed by atoms with E-state index in [2.05, 4.69) is 64.9 Å². The summed E-state index contributed by atoms with van der Waals surface area (Å²) in [5.41, 5.74) is 4.51. The van der Waals surface area contributed by atoms with Gasteiger partial charge in [0.2, 0.25) is 0 Å². The van der Waals surface area contributed by atoms with Gasteiger partial charge in [-0.3, -0.25) is 4.90 Å². The predicted molar refractivity (Wildman–Crippen MR) is 110 cm³/mol. The maximum absolute atomic E-state index is 2.63. The van der Waals surface area contributed by atoms with E-state index in [9.17, 15) is 0 Å². The van der Waals surface area contributed by atoms with Crippen molar-refractivity contribution in [3.63, 3.8) is 0 Å². The van der Waals surface area contributed by atoms with E-state index in [1.807, 2.05) is 11.3 Å². The second kappa shape index (κ2) is 8.16. The molecule has 0 amide bonds. The molecule has 0 bridgehead atoms. The van der Waals surface area contributed by atoms with Crippen LogP contribution in [0.3, 0.4) is 0 Å². The normalized spacial score (nSPS) is 21.7. The molecule has 0 spiro atoms. The minimum atomic E-state index is 0.878. The highest BCUT2D eigenvalue weighted by Crippen LogP contribution is 2.34. The molecule has 4 rings (SSSR count). The van der Waals surface area contributed by atoms with Crippen molar-refractivity contribution >= 4 is 22.5 Å². The summed E-state index contributed by atoms with van der Waals surface area (Å²) in [5.74, 6) is 0.878. The van der Waals surface area contributed by atoms with Crippen molar-refractivity contribution < 1.29 is 0 Å². The average molecular weight is 350 g/mol. The predicted octanol–water partition coefficient (Wildman–Crippen LogP) is 6.11. The first-order chi connectivity index (χ1) is 12.4. The lowest BCUT2D eigenvalue weighted by Gasteiger charge is -2.29. The van der Waals surface area contributed by atoms with Gasteiger partial charge < -0.3 is 0 Å². The fraction of sp³-hybridized carbons (Fsp3) is 0.391. The Labute approximate surface area is 155 Å². The summed E-state index contributed by atoms with van der Waals surface area (Å²) in [4.78, 5) is 4.11. The Morgan fingerprint density at radius 3 is 2.56 bits per heavy atom. The van der Waals surface area contributed by atoms with Gasteiger partial charge in [-0.05, 0) is 72.7 Å². The number of nitrogens with zero attached hydrogens (tertiary/aromatic N) is 1. The van der Waals surface area contributed by atoms with Crippen molar-refractivity contribution in [3.05, 3.63) is 70.4 Å². The first kappa shape index (κ1) is 16.8. The minimum absolute atomic E-state index is 0.878. The van der Waals surface area contributed by atoms with Crippen LogP contribution < -0.4 is 0 Å². The molecule has 1 aliphatic heterocycles. The Hall–Kier alpha value is -1.64. The maximum atomic E-state index is 2.63. The fourth-order valence-electron chi connectivity index (χ4n) is 4.03. The van der Waals surface area contributed by atoms with Gasteiger partial charge in [-0.2, -0.15) is 0 Å². The molecule has 25 heavy (non-hydrogen) atoms. The topological polar surface area (TPSA) is 3.24 Å². The van der Waals surface area contributed by atoms with Gasteiger partial charge in [0.05, 0.1) is 0 Å². The van der Waals surface area contributed by atoms with Gasteiger partial charge in [0.1, 0.15) is 0 Å². The van der Waals surface area contributed by atoms with Gasteiger partial charge in [-0.15, -0.1) is 11.3 Å². The van der Waals surface area contributed by atoms with E-state index in [-0.39, 0.29) is 0 Å². The molecule has 1 aliphatic carbocycles. The summed E-state index contributed by atoms with van der Waals surface area (Å²) < 4.78 is 0. The number of benzene rings is 1. The van der Waals surface area contributed by atoms with Gasteiger partial charge >= 0.3 is 0 Å². The molecule has 0 saturated heterocycles. The largest absolute Gasteiger partial charge is 0.299 e. The van der Waals surface area contributed by atoms with Gasteiger partial charge in [-0.1, -0.05) is 48.6 Å². The molecule has 1 unspecified atom stereocenters. The lowest BCUT2D eigenvalue weighted by Crippen LogP contribution is -2.30. The Balaban J connectivity index is 1.24. The quantitative estimate of drug-likeness (QED) is 0.629. The molecule has 1 aromatic heterocycles. The van der Waals surface area contributed by atoms with Gasteiger partial charge in [0.15, 0.2) is 0 Å². The van der Waals surface area contributed by atoms with Crippen molar-refractivity contribution in [1.82, 2.24) is 4.90 Å². The Kier molecular flexibility index (Phi) is 5.49. The molecule has 2 heterocycles. The number of allylic oxidation sites excluding steroid dienone is 2. The molecule has 0 N–H and O–H groups in total. The maximum Gasteiger partial charge on any atom is 0.0299 e. The van der Waals surface area contributed by atoms with Crippen LogP contribution in [0.5, 0.6) is 0 Å². The smallest absolute Gasteiger partial charge is 0.0299 e. The first-order valence-electron chi connectivity index (χ1n) is 9.58.